The van der Waals surface area contributed by atoms with E-state index < -0.39 is 10.8 Å². The maximum atomic E-state index is 12.4. The van der Waals surface area contributed by atoms with Crippen LogP contribution in [0.3, 0.4) is 0 Å². The lowest BCUT2D eigenvalue weighted by atomic mass is 10.2. The molecule has 138 valence electrons. The van der Waals surface area contributed by atoms with Gasteiger partial charge in [-0.05, 0) is 30.3 Å². The number of aryl methyl sites for hydroxylation is 1. The molecule has 9 heteroatoms. The van der Waals surface area contributed by atoms with Crippen molar-refractivity contribution in [1.29, 1.82) is 0 Å². The van der Waals surface area contributed by atoms with Crippen LogP contribution in [0.15, 0.2) is 47.6 Å². The van der Waals surface area contributed by atoms with E-state index in [1.54, 1.807) is 30.9 Å². The fourth-order valence-corrected chi connectivity index (χ4v) is 2.65. The molecule has 0 aliphatic carbocycles. The van der Waals surface area contributed by atoms with E-state index in [4.69, 9.17) is 4.74 Å². The van der Waals surface area contributed by atoms with Gasteiger partial charge in [0.1, 0.15) is 17.2 Å². The molecule has 1 aromatic heterocycles. The molecule has 0 radical (unpaired) electrons. The van der Waals surface area contributed by atoms with Gasteiger partial charge in [0.25, 0.3) is 11.6 Å². The highest BCUT2D eigenvalue weighted by Crippen LogP contribution is 2.24. The average Bonchev–Trinajstić information content (AvgIpc) is 2.99. The van der Waals surface area contributed by atoms with Crippen LogP contribution in [0.1, 0.15) is 16.1 Å². The minimum Gasteiger partial charge on any atom is -0.507 e. The van der Waals surface area contributed by atoms with Gasteiger partial charge in [0, 0.05) is 35.6 Å². The van der Waals surface area contributed by atoms with Crippen LogP contribution in [0.4, 0.5) is 5.69 Å². The predicted molar refractivity (Wildman–Crippen MR) is 99.3 cm³/mol. The number of hydrazone groups is 1. The smallest absolute Gasteiger partial charge is 0.287 e. The Kier molecular flexibility index (Phi) is 4.75. The van der Waals surface area contributed by atoms with Crippen molar-refractivity contribution < 1.29 is 19.6 Å². The molecular weight excluding hydrogens is 352 g/mol. The van der Waals surface area contributed by atoms with Crippen molar-refractivity contribution in [1.82, 2.24) is 9.99 Å². The number of amides is 1. The second-order valence-corrected chi connectivity index (χ2v) is 5.71. The minimum absolute atomic E-state index is 0.117. The number of fused-ring (bicyclic) bond motifs is 1. The number of nitrogens with one attached hydrogen (secondary N) is 1. The summed E-state index contributed by atoms with van der Waals surface area (Å²) < 4.78 is 6.89. The lowest BCUT2D eigenvalue weighted by molar-refractivity contribution is -0.384. The van der Waals surface area contributed by atoms with Gasteiger partial charge in [-0.3, -0.25) is 14.9 Å². The standard InChI is InChI=1S/C18H16N4O5/c1-21-15-5-4-14(27-2)8-11(15)9-16(21)18(24)20-19-10-12-7-13(22(25)26)3-6-17(12)23/h3-10,23H,1-2H3,(H,20,24). The average molecular weight is 368 g/mol. The molecule has 0 unspecified atom stereocenters. The molecule has 0 saturated carbocycles. The summed E-state index contributed by atoms with van der Waals surface area (Å²) in [7, 11) is 3.32. The topological polar surface area (TPSA) is 119 Å². The fourth-order valence-electron chi connectivity index (χ4n) is 2.65. The number of non-ortho nitro benzene ring substituents is 1. The van der Waals surface area contributed by atoms with Crippen LogP contribution in [0.5, 0.6) is 11.5 Å². The highest BCUT2D eigenvalue weighted by atomic mass is 16.6. The first-order valence-electron chi connectivity index (χ1n) is 7.85. The van der Waals surface area contributed by atoms with E-state index in [-0.39, 0.29) is 17.0 Å². The second kappa shape index (κ2) is 7.16. The van der Waals surface area contributed by atoms with Crippen LogP contribution >= 0.6 is 0 Å². The highest BCUT2D eigenvalue weighted by molar-refractivity contribution is 5.99. The number of aromatic hydroxyl groups is 1. The lowest BCUT2D eigenvalue weighted by Crippen LogP contribution is -2.20. The number of nitrogens with zero attached hydrogens (tertiary/aromatic N) is 3. The molecule has 1 amide bonds. The normalized spacial score (nSPS) is 11.0. The van der Waals surface area contributed by atoms with Crippen LogP contribution in [-0.2, 0) is 7.05 Å². The summed E-state index contributed by atoms with van der Waals surface area (Å²) in [4.78, 5) is 22.6. The van der Waals surface area contributed by atoms with Crippen molar-refractivity contribution in [2.75, 3.05) is 7.11 Å². The molecule has 0 bridgehead atoms. The number of rotatable bonds is 5. The molecule has 3 aromatic rings. The van der Waals surface area contributed by atoms with Crippen molar-refractivity contribution in [3.63, 3.8) is 0 Å². The van der Waals surface area contributed by atoms with Gasteiger partial charge in [-0.2, -0.15) is 5.10 Å². The molecule has 0 spiro atoms. The number of ether oxygens (including phenoxy) is 1. The molecule has 0 atom stereocenters. The van der Waals surface area contributed by atoms with E-state index in [0.29, 0.717) is 11.4 Å². The Bertz CT molecular complexity index is 1070. The van der Waals surface area contributed by atoms with Crippen molar-refractivity contribution >= 4 is 28.7 Å². The molecule has 0 fully saturated rings. The summed E-state index contributed by atoms with van der Waals surface area (Å²) in [6.45, 7) is 0. The molecule has 2 N–H and O–H groups in total. The summed E-state index contributed by atoms with van der Waals surface area (Å²) in [5.41, 5.74) is 3.50. The van der Waals surface area contributed by atoms with Gasteiger partial charge in [0.2, 0.25) is 0 Å². The zero-order valence-electron chi connectivity index (χ0n) is 14.5. The Balaban J connectivity index is 1.81. The number of hydrogen-bond donors (Lipinski definition) is 2. The fraction of sp³-hybridized carbons (Fsp3) is 0.111. The van der Waals surface area contributed by atoms with Gasteiger partial charge in [-0.25, -0.2) is 5.43 Å². The van der Waals surface area contributed by atoms with Crippen LogP contribution < -0.4 is 10.2 Å². The number of nitro groups is 1. The van der Waals surface area contributed by atoms with E-state index in [1.807, 2.05) is 12.1 Å². The third-order valence-electron chi connectivity index (χ3n) is 4.07. The first kappa shape index (κ1) is 17.9. The molecule has 27 heavy (non-hydrogen) atoms. The molecular formula is C18H16N4O5. The van der Waals surface area contributed by atoms with Crippen LogP contribution in [-0.4, -0.2) is 33.8 Å². The second-order valence-electron chi connectivity index (χ2n) is 5.71. The van der Waals surface area contributed by atoms with Crippen LogP contribution in [0, 0.1) is 10.1 Å². The Morgan fingerprint density at radius 2 is 2.07 bits per heavy atom. The molecule has 1 heterocycles. The molecule has 0 aliphatic heterocycles. The maximum Gasteiger partial charge on any atom is 0.287 e. The van der Waals surface area contributed by atoms with Crippen LogP contribution in [0.25, 0.3) is 10.9 Å². The van der Waals surface area contributed by atoms with E-state index in [2.05, 4.69) is 10.5 Å². The van der Waals surface area contributed by atoms with Crippen LogP contribution in [0.2, 0.25) is 0 Å². The van der Waals surface area contributed by atoms with Gasteiger partial charge in [0.05, 0.1) is 18.2 Å². The monoisotopic (exact) mass is 368 g/mol. The Morgan fingerprint density at radius 3 is 2.78 bits per heavy atom. The third-order valence-corrected chi connectivity index (χ3v) is 4.07. The Labute approximate surface area is 153 Å². The zero-order chi connectivity index (χ0) is 19.6. The number of aromatic nitrogens is 1. The molecule has 0 saturated heterocycles. The number of methoxy groups -OCH3 is 1. The van der Waals surface area contributed by atoms with Gasteiger partial charge in [0.15, 0.2) is 0 Å². The van der Waals surface area contributed by atoms with Crippen molar-refractivity contribution in [2.45, 2.75) is 0 Å². The number of benzene rings is 2. The molecule has 0 aliphatic rings. The van der Waals surface area contributed by atoms with E-state index >= 15 is 0 Å². The molecule has 3 rings (SSSR count). The number of carbonyl (C=O) groups is 1. The summed E-state index contributed by atoms with van der Waals surface area (Å²) >= 11 is 0. The number of carbonyl (C=O) groups excluding carboxylic acids is 1. The first-order chi connectivity index (χ1) is 12.9. The highest BCUT2D eigenvalue weighted by Gasteiger charge is 2.14. The van der Waals surface area contributed by atoms with Crippen molar-refractivity contribution in [3.8, 4) is 11.5 Å². The number of nitro benzene ring substituents is 1. The molecule has 9 nitrogen and oxygen atoms in total. The largest absolute Gasteiger partial charge is 0.507 e. The maximum absolute atomic E-state index is 12.4. The first-order valence-corrected chi connectivity index (χ1v) is 7.85. The summed E-state index contributed by atoms with van der Waals surface area (Å²) in [5, 5.41) is 25.2. The van der Waals surface area contributed by atoms with Crippen molar-refractivity contribution in [2.24, 2.45) is 12.1 Å². The van der Waals surface area contributed by atoms with E-state index in [1.165, 1.54) is 12.1 Å². The Hall–Kier alpha value is -3.88. The summed E-state index contributed by atoms with van der Waals surface area (Å²) in [6.07, 6.45) is 1.14. The SMILES string of the molecule is COc1ccc2c(c1)cc(C(=O)NN=Cc1cc([N+](=O)[O-])ccc1O)n2C. The third kappa shape index (κ3) is 3.56. The van der Waals surface area contributed by atoms with E-state index in [0.717, 1.165) is 23.2 Å². The quantitative estimate of drug-likeness (QED) is 0.407. The van der Waals surface area contributed by atoms with Gasteiger partial charge in [-0.1, -0.05) is 0 Å². The number of phenols is 1. The van der Waals surface area contributed by atoms with Gasteiger partial charge >= 0.3 is 0 Å². The predicted octanol–water partition coefficient (Wildman–Crippen LogP) is 2.56. The summed E-state index contributed by atoms with van der Waals surface area (Å²) in [5.74, 6) is 0.0309. The molecule has 2 aromatic carbocycles. The Morgan fingerprint density at radius 1 is 1.30 bits per heavy atom. The van der Waals surface area contributed by atoms with E-state index in [9.17, 15) is 20.0 Å². The number of hydrogen-bond acceptors (Lipinski definition) is 6. The zero-order valence-corrected chi connectivity index (χ0v) is 14.5. The van der Waals surface area contributed by atoms with Gasteiger partial charge < -0.3 is 14.4 Å². The summed E-state index contributed by atoms with van der Waals surface area (Å²) in [6, 6.07) is 10.7. The lowest BCUT2D eigenvalue weighted by Gasteiger charge is -2.03. The van der Waals surface area contributed by atoms with Gasteiger partial charge in [-0.15, -0.1) is 0 Å². The minimum atomic E-state index is -0.584. The number of phenolic OH excluding ortho intramolecular Hbond substituents is 1. The van der Waals surface area contributed by atoms with Crippen molar-refractivity contribution in [3.05, 3.63) is 63.8 Å².